The second-order valence-corrected chi connectivity index (χ2v) is 8.90. The SMILES string of the molecule is CCCC[PH](N)(CCCC)CCCC. The summed E-state index contributed by atoms with van der Waals surface area (Å²) < 4.78 is 0. The fourth-order valence-electron chi connectivity index (χ4n) is 1.96. The van der Waals surface area contributed by atoms with Gasteiger partial charge in [0.25, 0.3) is 0 Å². The summed E-state index contributed by atoms with van der Waals surface area (Å²) in [6.07, 6.45) is 12.1. The van der Waals surface area contributed by atoms with Crippen LogP contribution in [0.5, 0.6) is 0 Å². The molecule has 0 unspecified atom stereocenters. The van der Waals surface area contributed by atoms with Gasteiger partial charge in [-0.25, -0.2) is 0 Å². The molecule has 14 heavy (non-hydrogen) atoms. The minimum atomic E-state index is -1.31. The van der Waals surface area contributed by atoms with E-state index in [-0.39, 0.29) is 0 Å². The fraction of sp³-hybridized carbons (Fsp3) is 1.00. The number of unbranched alkanes of at least 4 members (excludes halogenated alkanes) is 3. The van der Waals surface area contributed by atoms with E-state index in [1.165, 1.54) is 57.0 Å². The van der Waals surface area contributed by atoms with Crippen LogP contribution in [0.25, 0.3) is 0 Å². The molecule has 0 spiro atoms. The van der Waals surface area contributed by atoms with E-state index in [2.05, 4.69) is 20.8 Å². The van der Waals surface area contributed by atoms with Crippen molar-refractivity contribution in [3.8, 4) is 0 Å². The van der Waals surface area contributed by atoms with Crippen molar-refractivity contribution in [2.75, 3.05) is 18.5 Å². The summed E-state index contributed by atoms with van der Waals surface area (Å²) >= 11 is 0. The van der Waals surface area contributed by atoms with Crippen LogP contribution in [0.2, 0.25) is 0 Å². The van der Waals surface area contributed by atoms with Crippen LogP contribution < -0.4 is 5.50 Å². The molecule has 0 amide bonds. The first-order valence-electron chi connectivity index (χ1n) is 6.47. The van der Waals surface area contributed by atoms with Gasteiger partial charge < -0.3 is 0 Å². The Balaban J connectivity index is 3.89. The first-order valence-corrected chi connectivity index (χ1v) is 9.17. The number of nitrogens with two attached hydrogens (primary N) is 1. The molecule has 0 radical (unpaired) electrons. The Morgan fingerprint density at radius 3 is 1.21 bits per heavy atom. The second kappa shape index (κ2) is 8.68. The molecular weight excluding hydrogens is 189 g/mol. The molecule has 0 aromatic rings. The Labute approximate surface area is 91.2 Å². The van der Waals surface area contributed by atoms with Crippen LogP contribution in [-0.2, 0) is 0 Å². The molecule has 0 aliphatic heterocycles. The Kier molecular flexibility index (Phi) is 8.92. The van der Waals surface area contributed by atoms with Crippen molar-refractivity contribution < 1.29 is 0 Å². The molecule has 0 fully saturated rings. The second-order valence-electron chi connectivity index (χ2n) is 4.67. The van der Waals surface area contributed by atoms with E-state index in [9.17, 15) is 0 Å². The van der Waals surface area contributed by atoms with Crippen molar-refractivity contribution in [2.45, 2.75) is 59.3 Å². The molecule has 0 saturated heterocycles. The Bertz CT molecular complexity index is 104. The molecule has 0 bridgehead atoms. The first kappa shape index (κ1) is 14.4. The standard InChI is InChI=1S/C12H30NP/c1-4-7-10-14(13,11-8-5-2)12-9-6-3/h14H,4-13H2,1-3H3. The monoisotopic (exact) mass is 219 g/mol. The molecule has 0 aliphatic rings. The van der Waals surface area contributed by atoms with E-state index in [1.54, 1.807) is 0 Å². The molecule has 0 aromatic carbocycles. The van der Waals surface area contributed by atoms with Gasteiger partial charge in [-0.1, -0.05) is 0 Å². The Morgan fingerprint density at radius 2 is 1.00 bits per heavy atom. The van der Waals surface area contributed by atoms with Crippen molar-refractivity contribution in [3.63, 3.8) is 0 Å². The van der Waals surface area contributed by atoms with Gasteiger partial charge in [-0.2, -0.15) is 0 Å². The third-order valence-corrected chi connectivity index (χ3v) is 7.13. The normalized spacial score (nSPS) is 13.1. The average molecular weight is 219 g/mol. The summed E-state index contributed by atoms with van der Waals surface area (Å²) in [4.78, 5) is 0. The zero-order valence-corrected chi connectivity index (χ0v) is 11.4. The van der Waals surface area contributed by atoms with E-state index in [0.29, 0.717) is 0 Å². The molecule has 88 valence electrons. The van der Waals surface area contributed by atoms with E-state index in [4.69, 9.17) is 5.50 Å². The van der Waals surface area contributed by atoms with E-state index >= 15 is 0 Å². The molecular formula is C12H30NP. The molecule has 2 N–H and O–H groups in total. The summed E-state index contributed by atoms with van der Waals surface area (Å²) in [5.41, 5.74) is 6.60. The maximum atomic E-state index is 6.60. The number of hydrogen-bond donors (Lipinski definition) is 1. The summed E-state index contributed by atoms with van der Waals surface area (Å²) in [6.45, 7) is 6.82. The van der Waals surface area contributed by atoms with Crippen molar-refractivity contribution >= 4 is 7.41 Å². The van der Waals surface area contributed by atoms with Gasteiger partial charge in [-0.15, -0.1) is 0 Å². The maximum absolute atomic E-state index is 6.60. The predicted molar refractivity (Wildman–Crippen MR) is 71.8 cm³/mol. The number of rotatable bonds is 9. The quantitative estimate of drug-likeness (QED) is 0.583. The molecule has 2 heteroatoms. The Hall–Kier alpha value is 0.390. The van der Waals surface area contributed by atoms with Gasteiger partial charge in [0.2, 0.25) is 0 Å². The zero-order chi connectivity index (χ0) is 10.9. The molecule has 0 aromatic heterocycles. The summed E-state index contributed by atoms with van der Waals surface area (Å²) in [5, 5.41) is 0. The minimum absolute atomic E-state index is 1.31. The summed E-state index contributed by atoms with van der Waals surface area (Å²) in [7, 11) is -1.31. The van der Waals surface area contributed by atoms with Crippen molar-refractivity contribution in [1.82, 2.24) is 0 Å². The molecule has 0 atom stereocenters. The van der Waals surface area contributed by atoms with Gasteiger partial charge >= 0.3 is 90.7 Å². The van der Waals surface area contributed by atoms with Crippen LogP contribution in [0.4, 0.5) is 0 Å². The first-order chi connectivity index (χ1) is 6.68. The molecule has 1 nitrogen and oxygen atoms in total. The average Bonchev–Trinajstić information content (AvgIpc) is 2.21. The fourth-order valence-corrected chi connectivity index (χ4v) is 5.88. The Morgan fingerprint density at radius 1 is 0.714 bits per heavy atom. The molecule has 0 rings (SSSR count). The summed E-state index contributed by atoms with van der Waals surface area (Å²) in [5.74, 6) is 0. The van der Waals surface area contributed by atoms with Crippen LogP contribution in [-0.4, -0.2) is 18.5 Å². The topological polar surface area (TPSA) is 26.0 Å². The molecule has 0 saturated carbocycles. The van der Waals surface area contributed by atoms with Crippen molar-refractivity contribution in [1.29, 1.82) is 0 Å². The van der Waals surface area contributed by atoms with Crippen molar-refractivity contribution in [2.24, 2.45) is 5.50 Å². The van der Waals surface area contributed by atoms with Gasteiger partial charge in [-0.3, -0.25) is 0 Å². The van der Waals surface area contributed by atoms with E-state index < -0.39 is 7.41 Å². The van der Waals surface area contributed by atoms with Crippen LogP contribution in [0, 0.1) is 0 Å². The van der Waals surface area contributed by atoms with Gasteiger partial charge in [0.15, 0.2) is 0 Å². The zero-order valence-electron chi connectivity index (χ0n) is 10.4. The third kappa shape index (κ3) is 6.79. The van der Waals surface area contributed by atoms with Crippen LogP contribution in [0.15, 0.2) is 0 Å². The molecule has 0 aliphatic carbocycles. The van der Waals surface area contributed by atoms with Crippen LogP contribution in [0.3, 0.4) is 0 Å². The van der Waals surface area contributed by atoms with Gasteiger partial charge in [0.05, 0.1) is 0 Å². The third-order valence-electron chi connectivity index (χ3n) is 3.08. The summed E-state index contributed by atoms with van der Waals surface area (Å²) in [6, 6.07) is 0. The van der Waals surface area contributed by atoms with Gasteiger partial charge in [-0.05, 0) is 0 Å². The van der Waals surface area contributed by atoms with Gasteiger partial charge in [0.1, 0.15) is 0 Å². The number of hydrogen-bond acceptors (Lipinski definition) is 1. The molecule has 0 heterocycles. The van der Waals surface area contributed by atoms with E-state index in [1.807, 2.05) is 0 Å². The van der Waals surface area contributed by atoms with Crippen molar-refractivity contribution in [3.05, 3.63) is 0 Å². The van der Waals surface area contributed by atoms with Gasteiger partial charge in [0, 0.05) is 0 Å². The van der Waals surface area contributed by atoms with Crippen LogP contribution in [0.1, 0.15) is 59.3 Å². The van der Waals surface area contributed by atoms with E-state index in [0.717, 1.165) is 0 Å². The van der Waals surface area contributed by atoms with Crippen LogP contribution >= 0.6 is 7.41 Å². The predicted octanol–water partition coefficient (Wildman–Crippen LogP) is 4.01.